The highest BCUT2D eigenvalue weighted by molar-refractivity contribution is 7.99. The molecule has 0 bridgehead atoms. The molecule has 1 aliphatic heterocycles. The third-order valence-corrected chi connectivity index (χ3v) is 5.01. The summed E-state index contributed by atoms with van der Waals surface area (Å²) in [5.41, 5.74) is 2.53. The van der Waals surface area contributed by atoms with Crippen molar-refractivity contribution in [2.45, 2.75) is 32.4 Å². The van der Waals surface area contributed by atoms with Gasteiger partial charge < -0.3 is 9.88 Å². The molecule has 3 nitrogen and oxygen atoms in total. The average molecular weight is 287 g/mol. The molecule has 4 heteroatoms. The van der Waals surface area contributed by atoms with E-state index in [1.54, 1.807) is 0 Å². The molecule has 1 atom stereocenters. The van der Waals surface area contributed by atoms with Crippen LogP contribution in [0.3, 0.4) is 0 Å². The summed E-state index contributed by atoms with van der Waals surface area (Å²) < 4.78 is 2.11. The van der Waals surface area contributed by atoms with E-state index in [0.29, 0.717) is 6.04 Å². The number of rotatable bonds is 4. The van der Waals surface area contributed by atoms with E-state index in [0.717, 1.165) is 12.4 Å². The van der Waals surface area contributed by atoms with Crippen molar-refractivity contribution in [3.8, 4) is 5.69 Å². The number of imidazole rings is 1. The molecule has 2 aromatic rings. The Bertz CT molecular complexity index is 541. The summed E-state index contributed by atoms with van der Waals surface area (Å²) >= 11 is 2.07. The summed E-state index contributed by atoms with van der Waals surface area (Å²) in [6.45, 7) is 2.99. The van der Waals surface area contributed by atoms with Gasteiger partial charge in [0.25, 0.3) is 0 Å². The van der Waals surface area contributed by atoms with Crippen molar-refractivity contribution in [1.82, 2.24) is 14.9 Å². The lowest BCUT2D eigenvalue weighted by Crippen LogP contribution is -2.33. The van der Waals surface area contributed by atoms with Crippen LogP contribution in [0.25, 0.3) is 5.69 Å². The number of benzene rings is 1. The molecule has 0 saturated carbocycles. The van der Waals surface area contributed by atoms with Crippen LogP contribution in [0.4, 0.5) is 0 Å². The van der Waals surface area contributed by atoms with Gasteiger partial charge in [-0.25, -0.2) is 4.98 Å². The van der Waals surface area contributed by atoms with E-state index in [2.05, 4.69) is 50.9 Å². The number of thioether (sulfide) groups is 1. The molecule has 1 saturated heterocycles. The number of nitrogens with one attached hydrogen (secondary N) is 1. The summed E-state index contributed by atoms with van der Waals surface area (Å²) in [4.78, 5) is 4.26. The Balaban J connectivity index is 1.60. The van der Waals surface area contributed by atoms with Gasteiger partial charge in [0.05, 0.1) is 0 Å². The SMILES string of the molecule is Cc1nccn1-c1ccc(CN[C@@H]2CCCSC2)cc1. The van der Waals surface area contributed by atoms with Gasteiger partial charge in [0.1, 0.15) is 5.82 Å². The number of aryl methyl sites for hydroxylation is 1. The van der Waals surface area contributed by atoms with Gasteiger partial charge in [-0.2, -0.15) is 11.8 Å². The third kappa shape index (κ3) is 3.25. The molecule has 3 rings (SSSR count). The zero-order valence-corrected chi connectivity index (χ0v) is 12.7. The van der Waals surface area contributed by atoms with Crippen LogP contribution in [-0.4, -0.2) is 27.1 Å². The van der Waals surface area contributed by atoms with Crippen LogP contribution in [0.15, 0.2) is 36.7 Å². The molecule has 1 aromatic carbocycles. The minimum atomic E-state index is 0.685. The van der Waals surface area contributed by atoms with Crippen LogP contribution in [0, 0.1) is 6.92 Å². The number of hydrogen-bond acceptors (Lipinski definition) is 3. The van der Waals surface area contributed by atoms with Gasteiger partial charge >= 0.3 is 0 Å². The van der Waals surface area contributed by atoms with Crippen LogP contribution in [0.1, 0.15) is 24.2 Å². The molecule has 0 unspecified atom stereocenters. The van der Waals surface area contributed by atoms with Crippen molar-refractivity contribution in [2.24, 2.45) is 0 Å². The molecule has 0 radical (unpaired) electrons. The molecule has 1 aromatic heterocycles. The van der Waals surface area contributed by atoms with E-state index >= 15 is 0 Å². The van der Waals surface area contributed by atoms with Gasteiger partial charge in [-0.05, 0) is 43.2 Å². The average Bonchev–Trinajstić information content (AvgIpc) is 2.93. The molecule has 2 heterocycles. The second-order valence-corrected chi connectivity index (χ2v) is 6.46. The van der Waals surface area contributed by atoms with Crippen molar-refractivity contribution in [1.29, 1.82) is 0 Å². The minimum absolute atomic E-state index is 0.685. The van der Waals surface area contributed by atoms with Crippen molar-refractivity contribution >= 4 is 11.8 Å². The molecule has 0 aliphatic carbocycles. The van der Waals surface area contributed by atoms with Crippen LogP contribution >= 0.6 is 11.8 Å². The zero-order valence-electron chi connectivity index (χ0n) is 11.9. The smallest absolute Gasteiger partial charge is 0.110 e. The van der Waals surface area contributed by atoms with Crippen LogP contribution in [0.5, 0.6) is 0 Å². The van der Waals surface area contributed by atoms with Crippen LogP contribution < -0.4 is 5.32 Å². The van der Waals surface area contributed by atoms with Gasteiger partial charge in [-0.3, -0.25) is 0 Å². The highest BCUT2D eigenvalue weighted by Crippen LogP contribution is 2.17. The Hall–Kier alpha value is -1.26. The number of hydrogen-bond donors (Lipinski definition) is 1. The van der Waals surface area contributed by atoms with Crippen molar-refractivity contribution in [3.63, 3.8) is 0 Å². The molecular weight excluding hydrogens is 266 g/mol. The molecule has 20 heavy (non-hydrogen) atoms. The van der Waals surface area contributed by atoms with E-state index in [4.69, 9.17) is 0 Å². The van der Waals surface area contributed by atoms with Crippen molar-refractivity contribution < 1.29 is 0 Å². The Morgan fingerprint density at radius 1 is 1.35 bits per heavy atom. The van der Waals surface area contributed by atoms with Gasteiger partial charge in [0, 0.05) is 36.4 Å². The summed E-state index contributed by atoms with van der Waals surface area (Å²) in [5, 5.41) is 3.66. The summed E-state index contributed by atoms with van der Waals surface area (Å²) in [6, 6.07) is 9.43. The Morgan fingerprint density at radius 2 is 2.20 bits per heavy atom. The second kappa shape index (κ2) is 6.46. The molecule has 0 spiro atoms. The predicted molar refractivity (Wildman–Crippen MR) is 85.5 cm³/mol. The molecule has 1 fully saturated rings. The Labute approximate surface area is 124 Å². The third-order valence-electron chi connectivity index (χ3n) is 3.80. The fourth-order valence-electron chi connectivity index (χ4n) is 2.59. The number of nitrogens with zero attached hydrogens (tertiary/aromatic N) is 2. The first-order chi connectivity index (χ1) is 9.83. The standard InChI is InChI=1S/C16H21N3S/c1-13-17-8-9-19(13)16-6-4-14(5-7-16)11-18-15-3-2-10-20-12-15/h4-9,15,18H,2-3,10-12H2,1H3/t15-/m1/s1. The summed E-state index contributed by atoms with van der Waals surface area (Å²) in [5.74, 6) is 3.61. The summed E-state index contributed by atoms with van der Waals surface area (Å²) in [6.07, 6.45) is 6.51. The lowest BCUT2D eigenvalue weighted by Gasteiger charge is -2.22. The van der Waals surface area contributed by atoms with E-state index < -0.39 is 0 Å². The minimum Gasteiger partial charge on any atom is -0.309 e. The first-order valence-electron chi connectivity index (χ1n) is 7.23. The fraction of sp³-hybridized carbons (Fsp3) is 0.438. The van der Waals surface area contributed by atoms with Gasteiger partial charge in [-0.1, -0.05) is 12.1 Å². The highest BCUT2D eigenvalue weighted by Gasteiger charge is 2.12. The predicted octanol–water partition coefficient (Wildman–Crippen LogP) is 3.17. The summed E-state index contributed by atoms with van der Waals surface area (Å²) in [7, 11) is 0. The molecule has 1 aliphatic rings. The lowest BCUT2D eigenvalue weighted by molar-refractivity contribution is 0.507. The maximum Gasteiger partial charge on any atom is 0.110 e. The molecule has 106 valence electrons. The zero-order chi connectivity index (χ0) is 13.8. The fourth-order valence-corrected chi connectivity index (χ4v) is 3.70. The van der Waals surface area contributed by atoms with E-state index in [1.165, 1.54) is 35.6 Å². The topological polar surface area (TPSA) is 29.9 Å². The molecular formula is C16H21N3S. The van der Waals surface area contributed by atoms with Crippen LogP contribution in [0.2, 0.25) is 0 Å². The van der Waals surface area contributed by atoms with Gasteiger partial charge in [-0.15, -0.1) is 0 Å². The number of aromatic nitrogens is 2. The Kier molecular flexibility index (Phi) is 4.43. The van der Waals surface area contributed by atoms with Crippen LogP contribution in [-0.2, 0) is 6.54 Å². The first kappa shape index (κ1) is 13.7. The normalized spacial score (nSPS) is 19.1. The van der Waals surface area contributed by atoms with Gasteiger partial charge in [0.2, 0.25) is 0 Å². The second-order valence-electron chi connectivity index (χ2n) is 5.31. The quantitative estimate of drug-likeness (QED) is 0.937. The maximum absolute atomic E-state index is 4.26. The van der Waals surface area contributed by atoms with E-state index in [1.807, 2.05) is 19.3 Å². The van der Waals surface area contributed by atoms with E-state index in [-0.39, 0.29) is 0 Å². The maximum atomic E-state index is 4.26. The largest absolute Gasteiger partial charge is 0.309 e. The molecule has 0 amide bonds. The van der Waals surface area contributed by atoms with Gasteiger partial charge in [0.15, 0.2) is 0 Å². The van der Waals surface area contributed by atoms with Crippen molar-refractivity contribution in [2.75, 3.05) is 11.5 Å². The lowest BCUT2D eigenvalue weighted by atomic mass is 10.1. The molecule has 1 N–H and O–H groups in total. The van der Waals surface area contributed by atoms with Crippen molar-refractivity contribution in [3.05, 3.63) is 48.0 Å². The first-order valence-corrected chi connectivity index (χ1v) is 8.39. The monoisotopic (exact) mass is 287 g/mol. The Morgan fingerprint density at radius 3 is 2.85 bits per heavy atom. The highest BCUT2D eigenvalue weighted by atomic mass is 32.2. The van der Waals surface area contributed by atoms with E-state index in [9.17, 15) is 0 Å².